The highest BCUT2D eigenvalue weighted by atomic mass is 16.5. The van der Waals surface area contributed by atoms with Gasteiger partial charge in [-0.05, 0) is 57.7 Å². The smallest absolute Gasteiger partial charge is 0.270 e. The fourth-order valence-corrected chi connectivity index (χ4v) is 2.27. The molecule has 0 radical (unpaired) electrons. The lowest BCUT2D eigenvalue weighted by Gasteiger charge is -2.12. The molecule has 1 aromatic heterocycles. The van der Waals surface area contributed by atoms with E-state index in [-0.39, 0.29) is 5.91 Å². The molecule has 0 saturated carbocycles. The summed E-state index contributed by atoms with van der Waals surface area (Å²) in [4.78, 5) is 22.7. The molecule has 2 rings (SSSR count). The molecular weight excluding hydrogens is 318 g/mol. The third kappa shape index (κ3) is 5.72. The Balaban J connectivity index is 2.03. The van der Waals surface area contributed by atoms with Crippen LogP contribution in [0.25, 0.3) is 0 Å². The van der Waals surface area contributed by atoms with Crippen molar-refractivity contribution in [1.82, 2.24) is 20.2 Å². The molecule has 0 unspecified atom stereocenters. The lowest BCUT2D eigenvalue weighted by molar-refractivity contribution is 0.0947. The number of aryl methyl sites for hydroxylation is 1. The average Bonchev–Trinajstić information content (AvgIpc) is 2.59. The van der Waals surface area contributed by atoms with Gasteiger partial charge in [-0.2, -0.15) is 0 Å². The highest BCUT2D eigenvalue weighted by Crippen LogP contribution is 2.27. The third-order valence-electron chi connectivity index (χ3n) is 3.56. The molecule has 25 heavy (non-hydrogen) atoms. The van der Waals surface area contributed by atoms with E-state index >= 15 is 0 Å². The van der Waals surface area contributed by atoms with E-state index in [4.69, 9.17) is 4.74 Å². The second-order valence-electron chi connectivity index (χ2n) is 6.01. The van der Waals surface area contributed by atoms with Crippen LogP contribution in [-0.2, 0) is 0 Å². The zero-order valence-electron chi connectivity index (χ0n) is 15.2. The number of rotatable bonds is 8. The molecule has 0 bridgehead atoms. The maximum atomic E-state index is 12.2. The average molecular weight is 343 g/mol. The Hall–Kier alpha value is -2.67. The Morgan fingerprint density at radius 1 is 1.28 bits per heavy atom. The van der Waals surface area contributed by atoms with Crippen molar-refractivity contribution in [2.75, 3.05) is 39.6 Å². The molecule has 2 aromatic rings. The van der Waals surface area contributed by atoms with Crippen LogP contribution in [0, 0.1) is 6.92 Å². The van der Waals surface area contributed by atoms with E-state index in [1.54, 1.807) is 19.4 Å². The molecule has 1 heterocycles. The van der Waals surface area contributed by atoms with E-state index in [2.05, 4.69) is 25.5 Å². The van der Waals surface area contributed by atoms with Gasteiger partial charge < -0.3 is 20.3 Å². The van der Waals surface area contributed by atoms with Crippen molar-refractivity contribution >= 4 is 17.5 Å². The number of amides is 1. The molecule has 0 aliphatic carbocycles. The minimum atomic E-state index is -0.208. The minimum absolute atomic E-state index is 0.208. The number of ether oxygens (including phenoxy) is 1. The van der Waals surface area contributed by atoms with E-state index < -0.39 is 0 Å². The summed E-state index contributed by atoms with van der Waals surface area (Å²) < 4.78 is 5.33. The number of hydrogen-bond donors (Lipinski definition) is 2. The summed E-state index contributed by atoms with van der Waals surface area (Å²) >= 11 is 0. The molecule has 0 fully saturated rings. The Kier molecular flexibility index (Phi) is 6.71. The number of nitrogens with zero attached hydrogens (tertiary/aromatic N) is 3. The van der Waals surface area contributed by atoms with Crippen LogP contribution in [0.4, 0.5) is 11.6 Å². The number of carbonyl (C=O) groups excluding carboxylic acids is 1. The molecular formula is C18H25N5O2. The molecule has 134 valence electrons. The van der Waals surface area contributed by atoms with Crippen LogP contribution in [0.15, 0.2) is 30.5 Å². The van der Waals surface area contributed by atoms with E-state index in [0.717, 1.165) is 24.2 Å². The summed E-state index contributed by atoms with van der Waals surface area (Å²) in [6.07, 6.45) is 2.45. The number of hydrogen-bond acceptors (Lipinski definition) is 6. The van der Waals surface area contributed by atoms with Gasteiger partial charge in [0.1, 0.15) is 11.4 Å². The number of benzene rings is 1. The molecule has 2 N–H and O–H groups in total. The van der Waals surface area contributed by atoms with Gasteiger partial charge in [-0.25, -0.2) is 9.97 Å². The maximum Gasteiger partial charge on any atom is 0.270 e. The second kappa shape index (κ2) is 8.98. The first-order chi connectivity index (χ1) is 12.0. The molecule has 7 nitrogen and oxygen atoms in total. The largest absolute Gasteiger partial charge is 0.495 e. The van der Waals surface area contributed by atoms with Crippen molar-refractivity contribution in [2.24, 2.45) is 0 Å². The van der Waals surface area contributed by atoms with Crippen LogP contribution in [0.3, 0.4) is 0 Å². The van der Waals surface area contributed by atoms with Gasteiger partial charge in [0.2, 0.25) is 5.95 Å². The maximum absolute atomic E-state index is 12.2. The zero-order valence-corrected chi connectivity index (χ0v) is 15.2. The Morgan fingerprint density at radius 3 is 2.80 bits per heavy atom. The highest BCUT2D eigenvalue weighted by Gasteiger charge is 2.10. The third-order valence-corrected chi connectivity index (χ3v) is 3.56. The fourth-order valence-electron chi connectivity index (χ4n) is 2.27. The van der Waals surface area contributed by atoms with Crippen LogP contribution >= 0.6 is 0 Å². The molecule has 0 aliphatic rings. The van der Waals surface area contributed by atoms with Gasteiger partial charge in [0.25, 0.3) is 5.91 Å². The van der Waals surface area contributed by atoms with Gasteiger partial charge >= 0.3 is 0 Å². The zero-order chi connectivity index (χ0) is 18.2. The van der Waals surface area contributed by atoms with Crippen LogP contribution in [-0.4, -0.2) is 55.1 Å². The molecule has 7 heteroatoms. The number of nitrogens with one attached hydrogen (secondary N) is 2. The van der Waals surface area contributed by atoms with E-state index in [9.17, 15) is 4.79 Å². The first-order valence-corrected chi connectivity index (χ1v) is 8.17. The van der Waals surface area contributed by atoms with Crippen LogP contribution in [0.1, 0.15) is 22.5 Å². The predicted molar refractivity (Wildman–Crippen MR) is 98.5 cm³/mol. The van der Waals surface area contributed by atoms with Gasteiger partial charge in [0.15, 0.2) is 0 Å². The highest BCUT2D eigenvalue weighted by molar-refractivity contribution is 5.92. The number of carbonyl (C=O) groups is 1. The molecule has 0 spiro atoms. The van der Waals surface area contributed by atoms with Gasteiger partial charge in [0, 0.05) is 12.7 Å². The van der Waals surface area contributed by atoms with Crippen molar-refractivity contribution in [3.8, 4) is 5.75 Å². The summed E-state index contributed by atoms with van der Waals surface area (Å²) in [5.74, 6) is 0.831. The van der Waals surface area contributed by atoms with Gasteiger partial charge in [-0.3, -0.25) is 4.79 Å². The predicted octanol–water partition coefficient (Wildman–Crippen LogP) is 2.22. The Morgan fingerprint density at radius 2 is 2.08 bits per heavy atom. The van der Waals surface area contributed by atoms with Crippen molar-refractivity contribution < 1.29 is 9.53 Å². The molecule has 1 amide bonds. The summed E-state index contributed by atoms with van der Waals surface area (Å²) in [7, 11) is 5.61. The van der Waals surface area contributed by atoms with E-state index in [0.29, 0.717) is 23.9 Å². The summed E-state index contributed by atoms with van der Waals surface area (Å²) in [5, 5.41) is 5.98. The van der Waals surface area contributed by atoms with Gasteiger partial charge in [-0.15, -0.1) is 0 Å². The summed E-state index contributed by atoms with van der Waals surface area (Å²) in [6, 6.07) is 7.37. The second-order valence-corrected chi connectivity index (χ2v) is 6.01. The van der Waals surface area contributed by atoms with Crippen molar-refractivity contribution in [3.63, 3.8) is 0 Å². The van der Waals surface area contributed by atoms with Crippen LogP contribution < -0.4 is 15.4 Å². The fraction of sp³-hybridized carbons (Fsp3) is 0.389. The lowest BCUT2D eigenvalue weighted by atomic mass is 10.2. The van der Waals surface area contributed by atoms with Crippen molar-refractivity contribution in [1.29, 1.82) is 0 Å². The molecule has 1 aromatic carbocycles. The standard InChI is InChI=1S/C18H25N5O2/c1-13-6-7-16(25-4)15(12-13)22-18-20-10-8-14(21-18)17(24)19-9-5-11-23(2)3/h6-8,10,12H,5,9,11H2,1-4H3,(H,19,24)(H,20,21,22). The number of aromatic nitrogens is 2. The van der Waals surface area contributed by atoms with Crippen LogP contribution in [0.5, 0.6) is 5.75 Å². The Bertz CT molecular complexity index is 718. The van der Waals surface area contributed by atoms with E-state index in [1.807, 2.05) is 39.2 Å². The van der Waals surface area contributed by atoms with E-state index in [1.165, 1.54) is 0 Å². The lowest BCUT2D eigenvalue weighted by Crippen LogP contribution is -2.28. The SMILES string of the molecule is COc1ccc(C)cc1Nc1nccc(C(=O)NCCCN(C)C)n1. The monoisotopic (exact) mass is 343 g/mol. The first-order valence-electron chi connectivity index (χ1n) is 8.17. The Labute approximate surface area is 148 Å². The minimum Gasteiger partial charge on any atom is -0.495 e. The summed E-state index contributed by atoms with van der Waals surface area (Å²) in [6.45, 7) is 3.52. The normalized spacial score (nSPS) is 10.6. The van der Waals surface area contributed by atoms with Gasteiger partial charge in [0.05, 0.1) is 12.8 Å². The first kappa shape index (κ1) is 18.7. The number of anilines is 2. The summed E-state index contributed by atoms with van der Waals surface area (Å²) in [5.41, 5.74) is 2.16. The quantitative estimate of drug-likeness (QED) is 0.716. The molecule has 0 saturated heterocycles. The van der Waals surface area contributed by atoms with Crippen molar-refractivity contribution in [2.45, 2.75) is 13.3 Å². The van der Waals surface area contributed by atoms with Crippen LogP contribution in [0.2, 0.25) is 0 Å². The topological polar surface area (TPSA) is 79.4 Å². The van der Waals surface area contributed by atoms with Crippen molar-refractivity contribution in [3.05, 3.63) is 41.7 Å². The molecule has 0 atom stereocenters. The number of methoxy groups -OCH3 is 1. The molecule has 0 aliphatic heterocycles. The van der Waals surface area contributed by atoms with Gasteiger partial charge in [-0.1, -0.05) is 6.07 Å².